The SMILES string of the molecule is O=C1NC(c2ccccc2Cl)=N/C1=C/c1ccc(Cl)c(Cl)c1. The van der Waals surface area contributed by atoms with E-state index in [2.05, 4.69) is 10.3 Å². The zero-order chi connectivity index (χ0) is 15.7. The summed E-state index contributed by atoms with van der Waals surface area (Å²) in [4.78, 5) is 16.3. The molecule has 22 heavy (non-hydrogen) atoms. The lowest BCUT2D eigenvalue weighted by molar-refractivity contribution is -0.115. The van der Waals surface area contributed by atoms with Crippen molar-refractivity contribution in [3.8, 4) is 0 Å². The summed E-state index contributed by atoms with van der Waals surface area (Å²) >= 11 is 18.0. The van der Waals surface area contributed by atoms with Gasteiger partial charge in [0.1, 0.15) is 11.5 Å². The maximum absolute atomic E-state index is 12.0. The number of nitrogens with zero attached hydrogens (tertiary/aromatic N) is 1. The van der Waals surface area contributed by atoms with E-state index in [0.717, 1.165) is 5.56 Å². The molecular weight excluding hydrogens is 343 g/mol. The molecule has 1 N–H and O–H groups in total. The molecule has 0 saturated carbocycles. The second-order valence-electron chi connectivity index (χ2n) is 4.60. The summed E-state index contributed by atoms with van der Waals surface area (Å²) in [5, 5.41) is 4.11. The average Bonchev–Trinajstić information content (AvgIpc) is 2.84. The number of aliphatic imine (C=N–C) groups is 1. The van der Waals surface area contributed by atoms with E-state index in [-0.39, 0.29) is 11.6 Å². The molecule has 0 radical (unpaired) electrons. The lowest BCUT2D eigenvalue weighted by Crippen LogP contribution is -2.24. The maximum atomic E-state index is 12.0. The van der Waals surface area contributed by atoms with Crippen LogP contribution >= 0.6 is 34.8 Å². The van der Waals surface area contributed by atoms with E-state index >= 15 is 0 Å². The Labute approximate surface area is 142 Å². The van der Waals surface area contributed by atoms with Gasteiger partial charge in [-0.05, 0) is 35.9 Å². The summed E-state index contributed by atoms with van der Waals surface area (Å²) in [5.41, 5.74) is 1.70. The molecule has 3 nitrogen and oxygen atoms in total. The van der Waals surface area contributed by atoms with E-state index in [1.807, 2.05) is 12.1 Å². The molecule has 110 valence electrons. The lowest BCUT2D eigenvalue weighted by atomic mass is 10.2. The van der Waals surface area contributed by atoms with Crippen LogP contribution in [-0.2, 0) is 4.79 Å². The molecule has 1 heterocycles. The fourth-order valence-electron chi connectivity index (χ4n) is 2.01. The molecule has 0 saturated heterocycles. The molecule has 0 aliphatic carbocycles. The number of benzene rings is 2. The number of amidine groups is 1. The lowest BCUT2D eigenvalue weighted by Gasteiger charge is -2.01. The third-order valence-electron chi connectivity index (χ3n) is 3.07. The van der Waals surface area contributed by atoms with Crippen LogP contribution in [0.15, 0.2) is 53.2 Å². The number of hydrogen-bond acceptors (Lipinski definition) is 2. The first-order chi connectivity index (χ1) is 10.5. The van der Waals surface area contributed by atoms with Crippen LogP contribution < -0.4 is 5.32 Å². The fourth-order valence-corrected chi connectivity index (χ4v) is 2.54. The van der Waals surface area contributed by atoms with Crippen molar-refractivity contribution in [2.45, 2.75) is 0 Å². The van der Waals surface area contributed by atoms with Crippen molar-refractivity contribution in [1.29, 1.82) is 0 Å². The third-order valence-corrected chi connectivity index (χ3v) is 4.14. The number of carbonyl (C=O) groups is 1. The van der Waals surface area contributed by atoms with Gasteiger partial charge in [0.25, 0.3) is 5.91 Å². The number of halogens is 3. The first-order valence-corrected chi connectivity index (χ1v) is 7.49. The maximum Gasteiger partial charge on any atom is 0.275 e. The number of hydrogen-bond donors (Lipinski definition) is 1. The van der Waals surface area contributed by atoms with Gasteiger partial charge >= 0.3 is 0 Å². The summed E-state index contributed by atoms with van der Waals surface area (Å²) in [6.45, 7) is 0. The minimum absolute atomic E-state index is 0.285. The van der Waals surface area contributed by atoms with Crippen molar-refractivity contribution in [3.63, 3.8) is 0 Å². The van der Waals surface area contributed by atoms with Crippen LogP contribution in [0.3, 0.4) is 0 Å². The van der Waals surface area contributed by atoms with E-state index < -0.39 is 0 Å². The summed E-state index contributed by atoms with van der Waals surface area (Å²) in [6, 6.07) is 12.3. The summed E-state index contributed by atoms with van der Waals surface area (Å²) < 4.78 is 0. The highest BCUT2D eigenvalue weighted by Crippen LogP contribution is 2.25. The molecule has 0 unspecified atom stereocenters. The minimum Gasteiger partial charge on any atom is -0.305 e. The quantitative estimate of drug-likeness (QED) is 0.792. The van der Waals surface area contributed by atoms with E-state index in [4.69, 9.17) is 34.8 Å². The van der Waals surface area contributed by atoms with Gasteiger partial charge in [-0.15, -0.1) is 0 Å². The molecule has 3 rings (SSSR count). The first-order valence-electron chi connectivity index (χ1n) is 6.36. The second-order valence-corrected chi connectivity index (χ2v) is 5.82. The first kappa shape index (κ1) is 15.1. The monoisotopic (exact) mass is 350 g/mol. The smallest absolute Gasteiger partial charge is 0.275 e. The number of nitrogens with one attached hydrogen (secondary N) is 1. The average molecular weight is 352 g/mol. The van der Waals surface area contributed by atoms with Gasteiger partial charge in [-0.2, -0.15) is 0 Å². The van der Waals surface area contributed by atoms with Crippen molar-refractivity contribution in [1.82, 2.24) is 5.32 Å². The Kier molecular flexibility index (Phi) is 4.21. The molecule has 6 heteroatoms. The van der Waals surface area contributed by atoms with Crippen LogP contribution in [0.1, 0.15) is 11.1 Å². The van der Waals surface area contributed by atoms with Crippen molar-refractivity contribution in [3.05, 3.63) is 74.4 Å². The Morgan fingerprint density at radius 2 is 1.73 bits per heavy atom. The van der Waals surface area contributed by atoms with Gasteiger partial charge in [0.2, 0.25) is 0 Å². The number of amides is 1. The van der Waals surface area contributed by atoms with Gasteiger partial charge in [-0.3, -0.25) is 4.79 Å². The predicted molar refractivity (Wildman–Crippen MR) is 90.6 cm³/mol. The largest absolute Gasteiger partial charge is 0.305 e. The molecular formula is C16H9Cl3N2O. The summed E-state index contributed by atoms with van der Waals surface area (Å²) in [6.07, 6.45) is 1.64. The van der Waals surface area contributed by atoms with E-state index in [1.165, 1.54) is 0 Å². The molecule has 0 atom stereocenters. The van der Waals surface area contributed by atoms with E-state index in [9.17, 15) is 4.79 Å². The molecule has 2 aromatic rings. The minimum atomic E-state index is -0.291. The van der Waals surface area contributed by atoms with Gasteiger partial charge in [-0.25, -0.2) is 4.99 Å². The Bertz CT molecular complexity index is 828. The molecule has 0 fully saturated rings. The van der Waals surface area contributed by atoms with Crippen LogP contribution in [-0.4, -0.2) is 11.7 Å². The molecule has 0 spiro atoms. The van der Waals surface area contributed by atoms with Crippen molar-refractivity contribution >= 4 is 52.6 Å². The van der Waals surface area contributed by atoms with Crippen molar-refractivity contribution < 1.29 is 4.79 Å². The zero-order valence-electron chi connectivity index (χ0n) is 11.1. The van der Waals surface area contributed by atoms with Crippen LogP contribution in [0.4, 0.5) is 0 Å². The fraction of sp³-hybridized carbons (Fsp3) is 0. The van der Waals surface area contributed by atoms with Gasteiger partial charge < -0.3 is 5.32 Å². The van der Waals surface area contributed by atoms with Crippen LogP contribution in [0.2, 0.25) is 15.1 Å². The van der Waals surface area contributed by atoms with Crippen molar-refractivity contribution in [2.24, 2.45) is 4.99 Å². The Balaban J connectivity index is 1.98. The Hall–Kier alpha value is -1.81. The summed E-state index contributed by atoms with van der Waals surface area (Å²) in [5.74, 6) is 0.142. The molecule has 1 amide bonds. The normalized spacial score (nSPS) is 15.9. The van der Waals surface area contributed by atoms with Crippen LogP contribution in [0.25, 0.3) is 6.08 Å². The topological polar surface area (TPSA) is 41.5 Å². The predicted octanol–water partition coefficient (Wildman–Crippen LogP) is 4.56. The molecule has 0 bridgehead atoms. The van der Waals surface area contributed by atoms with Crippen LogP contribution in [0.5, 0.6) is 0 Å². The number of carbonyl (C=O) groups excluding carboxylic acids is 1. The standard InChI is InChI=1S/C16H9Cl3N2O/c17-11-4-2-1-3-10(11)15-20-14(16(22)21-15)8-9-5-6-12(18)13(19)7-9/h1-8H,(H,20,21,22)/b14-8+. The van der Waals surface area contributed by atoms with Gasteiger partial charge in [0.15, 0.2) is 0 Å². The molecule has 1 aliphatic rings. The molecule has 1 aliphatic heterocycles. The third kappa shape index (κ3) is 3.02. The van der Waals surface area contributed by atoms with Gasteiger partial charge in [0.05, 0.1) is 15.1 Å². The highest BCUT2D eigenvalue weighted by Gasteiger charge is 2.22. The zero-order valence-corrected chi connectivity index (χ0v) is 13.4. The Morgan fingerprint density at radius 3 is 2.45 bits per heavy atom. The summed E-state index contributed by atoms with van der Waals surface area (Å²) in [7, 11) is 0. The Morgan fingerprint density at radius 1 is 0.955 bits per heavy atom. The van der Waals surface area contributed by atoms with Crippen molar-refractivity contribution in [2.75, 3.05) is 0 Å². The molecule has 2 aromatic carbocycles. The van der Waals surface area contributed by atoms with Gasteiger partial charge in [0, 0.05) is 5.56 Å². The van der Waals surface area contributed by atoms with E-state index in [0.29, 0.717) is 26.5 Å². The molecule has 0 aromatic heterocycles. The highest BCUT2D eigenvalue weighted by molar-refractivity contribution is 6.42. The van der Waals surface area contributed by atoms with Crippen LogP contribution in [0, 0.1) is 0 Å². The van der Waals surface area contributed by atoms with E-state index in [1.54, 1.807) is 36.4 Å². The van der Waals surface area contributed by atoms with Gasteiger partial charge in [-0.1, -0.05) is 53.0 Å². The second kappa shape index (κ2) is 6.13. The number of rotatable bonds is 2. The highest BCUT2D eigenvalue weighted by atomic mass is 35.5.